The molecule has 1 amide bonds. The number of ether oxygens (including phenoxy) is 1. The van der Waals surface area contributed by atoms with Crippen molar-refractivity contribution in [2.24, 2.45) is 0 Å². The molecular weight excluding hydrogens is 362 g/mol. The Labute approximate surface area is 162 Å². The van der Waals surface area contributed by atoms with Crippen molar-refractivity contribution in [2.75, 3.05) is 12.9 Å². The van der Waals surface area contributed by atoms with E-state index in [0.29, 0.717) is 11.7 Å². The minimum atomic E-state index is -0.0770. The van der Waals surface area contributed by atoms with E-state index in [1.165, 1.54) is 11.8 Å². The van der Waals surface area contributed by atoms with Crippen molar-refractivity contribution in [3.8, 4) is 11.4 Å². The van der Waals surface area contributed by atoms with Gasteiger partial charge in [-0.3, -0.25) is 4.79 Å². The van der Waals surface area contributed by atoms with Crippen LogP contribution >= 0.6 is 11.8 Å². The summed E-state index contributed by atoms with van der Waals surface area (Å²) in [4.78, 5) is 12.2. The predicted octanol–water partition coefficient (Wildman–Crippen LogP) is 2.70. The number of rotatable bonds is 7. The standard InChI is InChI=1S/C19H21N5O2S/c1-13-5-4-6-14(2)18(13)24-19(21-22-23-24)27-12-17(25)20-11-15-7-9-16(26-3)10-8-15/h4-10H,11-12H2,1-3H3,(H,20,25). The van der Waals surface area contributed by atoms with Gasteiger partial charge < -0.3 is 10.1 Å². The first kappa shape index (κ1) is 18.9. The highest BCUT2D eigenvalue weighted by atomic mass is 32.2. The number of aromatic nitrogens is 4. The molecule has 3 rings (SSSR count). The quantitative estimate of drug-likeness (QED) is 0.632. The Bertz CT molecular complexity index is 904. The molecule has 0 unspecified atom stereocenters. The maximum Gasteiger partial charge on any atom is 0.230 e. The van der Waals surface area contributed by atoms with Crippen molar-refractivity contribution < 1.29 is 9.53 Å². The number of tetrazole rings is 1. The highest BCUT2D eigenvalue weighted by Crippen LogP contribution is 2.23. The minimum Gasteiger partial charge on any atom is -0.497 e. The van der Waals surface area contributed by atoms with Crippen molar-refractivity contribution in [3.05, 3.63) is 59.2 Å². The summed E-state index contributed by atoms with van der Waals surface area (Å²) in [6.07, 6.45) is 0. The molecule has 0 aliphatic heterocycles. The summed E-state index contributed by atoms with van der Waals surface area (Å²) < 4.78 is 6.81. The highest BCUT2D eigenvalue weighted by Gasteiger charge is 2.14. The number of aryl methyl sites for hydroxylation is 2. The number of benzene rings is 2. The maximum atomic E-state index is 12.2. The molecule has 7 nitrogen and oxygen atoms in total. The van der Waals surface area contributed by atoms with Gasteiger partial charge in [0, 0.05) is 6.54 Å². The second kappa shape index (κ2) is 8.68. The van der Waals surface area contributed by atoms with Gasteiger partial charge in [-0.2, -0.15) is 4.68 Å². The maximum absolute atomic E-state index is 12.2. The molecule has 0 radical (unpaired) electrons. The summed E-state index contributed by atoms with van der Waals surface area (Å²) in [6.45, 7) is 4.49. The van der Waals surface area contributed by atoms with E-state index in [1.54, 1.807) is 11.8 Å². The first-order valence-corrected chi connectivity index (χ1v) is 9.44. The van der Waals surface area contributed by atoms with Gasteiger partial charge in [-0.05, 0) is 53.1 Å². The van der Waals surface area contributed by atoms with Crippen molar-refractivity contribution >= 4 is 17.7 Å². The first-order chi connectivity index (χ1) is 13.1. The molecule has 0 aliphatic rings. The summed E-state index contributed by atoms with van der Waals surface area (Å²) in [5.74, 6) is 0.951. The molecule has 3 aromatic rings. The molecule has 8 heteroatoms. The zero-order chi connectivity index (χ0) is 19.2. The molecule has 2 aromatic carbocycles. The Morgan fingerprint density at radius 2 is 1.85 bits per heavy atom. The average Bonchev–Trinajstić information content (AvgIpc) is 3.13. The van der Waals surface area contributed by atoms with Gasteiger partial charge in [0.05, 0.1) is 18.6 Å². The smallest absolute Gasteiger partial charge is 0.230 e. The van der Waals surface area contributed by atoms with E-state index in [0.717, 1.165) is 28.1 Å². The van der Waals surface area contributed by atoms with E-state index in [2.05, 4.69) is 20.8 Å². The second-order valence-electron chi connectivity index (χ2n) is 6.03. The van der Waals surface area contributed by atoms with E-state index in [-0.39, 0.29) is 11.7 Å². The number of carbonyl (C=O) groups excluding carboxylic acids is 1. The van der Waals surface area contributed by atoms with Gasteiger partial charge in [0.1, 0.15) is 5.75 Å². The lowest BCUT2D eigenvalue weighted by Gasteiger charge is -2.10. The number of thioether (sulfide) groups is 1. The number of nitrogens with zero attached hydrogens (tertiary/aromatic N) is 4. The third kappa shape index (κ3) is 4.65. The summed E-state index contributed by atoms with van der Waals surface area (Å²) >= 11 is 1.31. The van der Waals surface area contributed by atoms with Crippen LogP contribution in [-0.2, 0) is 11.3 Å². The number of carbonyl (C=O) groups is 1. The number of para-hydroxylation sites is 1. The Morgan fingerprint density at radius 1 is 1.15 bits per heavy atom. The van der Waals surface area contributed by atoms with Crippen LogP contribution in [0.1, 0.15) is 16.7 Å². The van der Waals surface area contributed by atoms with Crippen LogP contribution in [0.4, 0.5) is 0 Å². The van der Waals surface area contributed by atoms with Gasteiger partial charge >= 0.3 is 0 Å². The van der Waals surface area contributed by atoms with Crippen LogP contribution in [-0.4, -0.2) is 39.0 Å². The van der Waals surface area contributed by atoms with Crippen LogP contribution in [0.3, 0.4) is 0 Å². The third-order valence-electron chi connectivity index (χ3n) is 4.07. The van der Waals surface area contributed by atoms with Gasteiger partial charge in [0.25, 0.3) is 0 Å². The summed E-state index contributed by atoms with van der Waals surface area (Å²) in [5.41, 5.74) is 4.11. The largest absolute Gasteiger partial charge is 0.497 e. The Balaban J connectivity index is 1.59. The molecule has 140 valence electrons. The molecule has 1 aromatic heterocycles. The molecule has 0 atom stereocenters. The fraction of sp³-hybridized carbons (Fsp3) is 0.263. The van der Waals surface area contributed by atoms with Gasteiger partial charge in [-0.25, -0.2) is 0 Å². The fourth-order valence-corrected chi connectivity index (χ4v) is 3.38. The zero-order valence-electron chi connectivity index (χ0n) is 15.5. The van der Waals surface area contributed by atoms with Crippen LogP contribution < -0.4 is 10.1 Å². The number of nitrogens with one attached hydrogen (secondary N) is 1. The van der Waals surface area contributed by atoms with E-state index >= 15 is 0 Å². The normalized spacial score (nSPS) is 10.6. The van der Waals surface area contributed by atoms with Gasteiger partial charge in [-0.15, -0.1) is 5.10 Å². The lowest BCUT2D eigenvalue weighted by Crippen LogP contribution is -2.24. The van der Waals surface area contributed by atoms with Gasteiger partial charge in [-0.1, -0.05) is 42.1 Å². The molecule has 27 heavy (non-hydrogen) atoms. The average molecular weight is 383 g/mol. The molecule has 0 saturated carbocycles. The van der Waals surface area contributed by atoms with Crippen molar-refractivity contribution in [1.82, 2.24) is 25.5 Å². The zero-order valence-corrected chi connectivity index (χ0v) is 16.3. The van der Waals surface area contributed by atoms with Crippen LogP contribution in [0.5, 0.6) is 5.75 Å². The molecule has 1 N–H and O–H groups in total. The molecule has 0 aliphatic carbocycles. The SMILES string of the molecule is COc1ccc(CNC(=O)CSc2nnnn2-c2c(C)cccc2C)cc1. The second-order valence-corrected chi connectivity index (χ2v) is 6.97. The Morgan fingerprint density at radius 3 is 2.52 bits per heavy atom. The number of amides is 1. The summed E-state index contributed by atoms with van der Waals surface area (Å²) in [6, 6.07) is 13.6. The van der Waals surface area contributed by atoms with Crippen LogP contribution in [0.15, 0.2) is 47.6 Å². The molecule has 0 spiro atoms. The van der Waals surface area contributed by atoms with Crippen LogP contribution in [0.25, 0.3) is 5.69 Å². The van der Waals surface area contributed by atoms with E-state index in [4.69, 9.17) is 4.74 Å². The monoisotopic (exact) mass is 383 g/mol. The van der Waals surface area contributed by atoms with Crippen molar-refractivity contribution in [2.45, 2.75) is 25.5 Å². The Hall–Kier alpha value is -2.87. The lowest BCUT2D eigenvalue weighted by atomic mass is 10.1. The third-order valence-corrected chi connectivity index (χ3v) is 4.99. The van der Waals surface area contributed by atoms with Gasteiger partial charge in [0.15, 0.2) is 0 Å². The van der Waals surface area contributed by atoms with E-state index < -0.39 is 0 Å². The topological polar surface area (TPSA) is 81.9 Å². The van der Waals surface area contributed by atoms with Gasteiger partial charge in [0.2, 0.25) is 11.1 Å². The van der Waals surface area contributed by atoms with E-state index in [9.17, 15) is 4.79 Å². The fourth-order valence-electron chi connectivity index (χ4n) is 2.67. The van der Waals surface area contributed by atoms with Crippen molar-refractivity contribution in [1.29, 1.82) is 0 Å². The molecule has 0 fully saturated rings. The predicted molar refractivity (Wildman–Crippen MR) is 104 cm³/mol. The number of hydrogen-bond donors (Lipinski definition) is 1. The molecule has 0 bridgehead atoms. The summed E-state index contributed by atoms with van der Waals surface area (Å²) in [7, 11) is 1.63. The number of methoxy groups -OCH3 is 1. The molecule has 1 heterocycles. The lowest BCUT2D eigenvalue weighted by molar-refractivity contribution is -0.118. The highest BCUT2D eigenvalue weighted by molar-refractivity contribution is 7.99. The number of hydrogen-bond acceptors (Lipinski definition) is 6. The first-order valence-electron chi connectivity index (χ1n) is 8.46. The van der Waals surface area contributed by atoms with Crippen LogP contribution in [0, 0.1) is 13.8 Å². The molecular formula is C19H21N5O2S. The van der Waals surface area contributed by atoms with E-state index in [1.807, 2.05) is 56.3 Å². The Kier molecular flexibility index (Phi) is 6.08. The molecule has 0 saturated heterocycles. The van der Waals surface area contributed by atoms with Crippen molar-refractivity contribution in [3.63, 3.8) is 0 Å². The summed E-state index contributed by atoms with van der Waals surface area (Å²) in [5, 5.41) is 15.4. The minimum absolute atomic E-state index is 0.0770. The van der Waals surface area contributed by atoms with Crippen LogP contribution in [0.2, 0.25) is 0 Å².